The molecule has 0 saturated heterocycles. The fourth-order valence-electron chi connectivity index (χ4n) is 2.63. The van der Waals surface area contributed by atoms with E-state index in [1.54, 1.807) is 7.05 Å². The quantitative estimate of drug-likeness (QED) is 0.252. The molecule has 1 rings (SSSR count). The van der Waals surface area contributed by atoms with Gasteiger partial charge in [0.25, 0.3) is 0 Å². The lowest BCUT2D eigenvalue weighted by Gasteiger charge is -2.31. The number of halogens is 4. The van der Waals surface area contributed by atoms with Crippen LogP contribution in [0.25, 0.3) is 0 Å². The molecule has 2 unspecified atom stereocenters. The van der Waals surface area contributed by atoms with Crippen molar-refractivity contribution in [2.45, 2.75) is 58.7 Å². The summed E-state index contributed by atoms with van der Waals surface area (Å²) in [6.07, 6.45) is -2.60. The van der Waals surface area contributed by atoms with Crippen LogP contribution in [-0.4, -0.2) is 44.2 Å². The zero-order chi connectivity index (χ0) is 18.4. The minimum Gasteiger partial charge on any atom is -0.355 e. The SMILES string of the molecule is CN=C(NCCNC(=O)C(C)(C)C)NC1CCCC(C(F)(F)F)C1.I. The summed E-state index contributed by atoms with van der Waals surface area (Å²) >= 11 is 0. The molecule has 0 aromatic rings. The Morgan fingerprint density at radius 3 is 2.24 bits per heavy atom. The molecule has 1 saturated carbocycles. The minimum absolute atomic E-state index is 0. The highest BCUT2D eigenvalue weighted by Crippen LogP contribution is 2.37. The number of carbonyl (C=O) groups is 1. The topological polar surface area (TPSA) is 65.5 Å². The second-order valence-corrected chi connectivity index (χ2v) is 7.25. The highest BCUT2D eigenvalue weighted by Gasteiger charge is 2.42. The molecular formula is C16H30F3IN4O. The van der Waals surface area contributed by atoms with Gasteiger partial charge in [-0.15, -0.1) is 24.0 Å². The third-order valence-electron chi connectivity index (χ3n) is 4.09. The maximum absolute atomic E-state index is 12.8. The van der Waals surface area contributed by atoms with Crippen molar-refractivity contribution in [1.82, 2.24) is 16.0 Å². The Hall–Kier alpha value is -0.740. The number of alkyl halides is 3. The highest BCUT2D eigenvalue weighted by atomic mass is 127. The summed E-state index contributed by atoms with van der Waals surface area (Å²) in [5.41, 5.74) is -0.450. The van der Waals surface area contributed by atoms with Gasteiger partial charge >= 0.3 is 6.18 Å². The van der Waals surface area contributed by atoms with Crippen LogP contribution in [0.4, 0.5) is 13.2 Å². The minimum atomic E-state index is -4.13. The summed E-state index contributed by atoms with van der Waals surface area (Å²) < 4.78 is 38.5. The largest absolute Gasteiger partial charge is 0.391 e. The predicted octanol–water partition coefficient (Wildman–Crippen LogP) is 3.05. The lowest BCUT2D eigenvalue weighted by molar-refractivity contribution is -0.183. The molecule has 1 aliphatic carbocycles. The predicted molar refractivity (Wildman–Crippen MR) is 104 cm³/mol. The van der Waals surface area contributed by atoms with Crippen LogP contribution in [0.5, 0.6) is 0 Å². The average molecular weight is 478 g/mol. The number of hydrogen-bond acceptors (Lipinski definition) is 2. The van der Waals surface area contributed by atoms with E-state index in [1.807, 2.05) is 20.8 Å². The van der Waals surface area contributed by atoms with Gasteiger partial charge in [-0.25, -0.2) is 0 Å². The van der Waals surface area contributed by atoms with E-state index in [0.717, 1.165) is 0 Å². The Labute approximate surface area is 165 Å². The smallest absolute Gasteiger partial charge is 0.355 e. The third kappa shape index (κ3) is 8.96. The summed E-state index contributed by atoms with van der Waals surface area (Å²) in [4.78, 5) is 15.8. The van der Waals surface area contributed by atoms with Gasteiger partial charge in [-0.05, 0) is 19.3 Å². The van der Waals surface area contributed by atoms with Crippen LogP contribution in [0.1, 0.15) is 46.5 Å². The molecule has 0 spiro atoms. The molecular weight excluding hydrogens is 448 g/mol. The second-order valence-electron chi connectivity index (χ2n) is 7.25. The lowest BCUT2D eigenvalue weighted by atomic mass is 9.85. The first-order chi connectivity index (χ1) is 11.0. The maximum atomic E-state index is 12.8. The van der Waals surface area contributed by atoms with E-state index in [1.165, 1.54) is 0 Å². The van der Waals surface area contributed by atoms with E-state index in [4.69, 9.17) is 0 Å². The van der Waals surface area contributed by atoms with Crippen LogP contribution in [0.3, 0.4) is 0 Å². The number of amides is 1. The Balaban J connectivity index is 0.00000576. The van der Waals surface area contributed by atoms with Crippen LogP contribution in [0.15, 0.2) is 4.99 Å². The molecule has 1 amide bonds. The van der Waals surface area contributed by atoms with E-state index in [9.17, 15) is 18.0 Å². The Bertz CT molecular complexity index is 450. The molecule has 0 aromatic carbocycles. The van der Waals surface area contributed by atoms with E-state index < -0.39 is 17.5 Å². The van der Waals surface area contributed by atoms with E-state index >= 15 is 0 Å². The third-order valence-corrected chi connectivity index (χ3v) is 4.09. The zero-order valence-corrected chi connectivity index (χ0v) is 17.6. The van der Waals surface area contributed by atoms with E-state index in [0.29, 0.717) is 31.9 Å². The van der Waals surface area contributed by atoms with Gasteiger partial charge in [-0.2, -0.15) is 13.2 Å². The molecule has 1 fully saturated rings. The van der Waals surface area contributed by atoms with Crippen molar-refractivity contribution in [2.75, 3.05) is 20.1 Å². The van der Waals surface area contributed by atoms with Gasteiger partial charge < -0.3 is 16.0 Å². The molecule has 0 aliphatic heterocycles. The molecule has 0 heterocycles. The number of nitrogens with one attached hydrogen (secondary N) is 3. The van der Waals surface area contributed by atoms with Crippen molar-refractivity contribution in [3.05, 3.63) is 0 Å². The molecule has 0 aromatic heterocycles. The molecule has 0 radical (unpaired) electrons. The first-order valence-electron chi connectivity index (χ1n) is 8.36. The number of carbonyl (C=O) groups excluding carboxylic acids is 1. The van der Waals surface area contributed by atoms with Gasteiger partial charge in [0.2, 0.25) is 5.91 Å². The van der Waals surface area contributed by atoms with Gasteiger partial charge in [-0.1, -0.05) is 27.2 Å². The fraction of sp³-hybridized carbons (Fsp3) is 0.875. The Morgan fingerprint density at radius 2 is 1.72 bits per heavy atom. The molecule has 1 aliphatic rings. The van der Waals surface area contributed by atoms with Crippen molar-refractivity contribution >= 4 is 35.8 Å². The van der Waals surface area contributed by atoms with Crippen LogP contribution < -0.4 is 16.0 Å². The normalized spacial score (nSPS) is 22.0. The summed E-state index contributed by atoms with van der Waals surface area (Å²) in [6, 6.07) is -0.235. The number of nitrogens with zero attached hydrogens (tertiary/aromatic N) is 1. The van der Waals surface area contributed by atoms with Crippen molar-refractivity contribution < 1.29 is 18.0 Å². The van der Waals surface area contributed by atoms with E-state index in [2.05, 4.69) is 20.9 Å². The molecule has 3 N–H and O–H groups in total. The van der Waals surface area contributed by atoms with Gasteiger partial charge in [0, 0.05) is 31.6 Å². The lowest BCUT2D eigenvalue weighted by Crippen LogP contribution is -2.48. The van der Waals surface area contributed by atoms with Crippen LogP contribution in [0.2, 0.25) is 0 Å². The first-order valence-corrected chi connectivity index (χ1v) is 8.36. The molecule has 5 nitrogen and oxygen atoms in total. The number of guanidine groups is 1. The second kappa shape index (κ2) is 10.4. The Kier molecular flexibility index (Phi) is 10.1. The maximum Gasteiger partial charge on any atom is 0.391 e. The van der Waals surface area contributed by atoms with Gasteiger partial charge in [0.05, 0.1) is 5.92 Å². The van der Waals surface area contributed by atoms with Crippen molar-refractivity contribution in [2.24, 2.45) is 16.3 Å². The molecule has 9 heteroatoms. The standard InChI is InChI=1S/C16H29F3N4O.HI/c1-15(2,3)13(24)21-8-9-22-14(20-4)23-12-7-5-6-11(10-12)16(17,18)19;/h11-12H,5-10H2,1-4H3,(H,21,24)(H2,20,22,23);1H. The zero-order valence-electron chi connectivity index (χ0n) is 15.3. The highest BCUT2D eigenvalue weighted by molar-refractivity contribution is 14.0. The summed E-state index contributed by atoms with van der Waals surface area (Å²) in [5, 5.41) is 8.87. The van der Waals surface area contributed by atoms with Crippen molar-refractivity contribution in [3.63, 3.8) is 0 Å². The van der Waals surface area contributed by atoms with Gasteiger partial charge in [0.15, 0.2) is 5.96 Å². The van der Waals surface area contributed by atoms with Gasteiger partial charge in [0.1, 0.15) is 0 Å². The van der Waals surface area contributed by atoms with E-state index in [-0.39, 0.29) is 48.8 Å². The molecule has 25 heavy (non-hydrogen) atoms. The fourth-order valence-corrected chi connectivity index (χ4v) is 2.63. The van der Waals surface area contributed by atoms with Crippen LogP contribution in [-0.2, 0) is 4.79 Å². The molecule has 148 valence electrons. The summed E-state index contributed by atoms with van der Waals surface area (Å²) in [7, 11) is 1.58. The molecule has 2 atom stereocenters. The Morgan fingerprint density at radius 1 is 1.12 bits per heavy atom. The monoisotopic (exact) mass is 478 g/mol. The summed E-state index contributed by atoms with van der Waals surface area (Å²) in [5.74, 6) is -0.826. The number of hydrogen-bond donors (Lipinski definition) is 3. The molecule has 0 bridgehead atoms. The first kappa shape index (κ1) is 24.3. The number of rotatable bonds is 4. The number of aliphatic imine (C=N–C) groups is 1. The summed E-state index contributed by atoms with van der Waals surface area (Å²) in [6.45, 7) is 6.37. The van der Waals surface area contributed by atoms with Crippen LogP contribution in [0, 0.1) is 11.3 Å². The average Bonchev–Trinajstić information content (AvgIpc) is 2.48. The van der Waals surface area contributed by atoms with Crippen molar-refractivity contribution in [1.29, 1.82) is 0 Å². The van der Waals surface area contributed by atoms with Gasteiger partial charge in [-0.3, -0.25) is 9.79 Å². The van der Waals surface area contributed by atoms with Crippen LogP contribution >= 0.6 is 24.0 Å². The van der Waals surface area contributed by atoms with Crippen molar-refractivity contribution in [3.8, 4) is 0 Å².